The van der Waals surface area contributed by atoms with Crippen molar-refractivity contribution in [3.8, 4) is 0 Å². The van der Waals surface area contributed by atoms with E-state index >= 15 is 0 Å². The second kappa shape index (κ2) is 5.95. The van der Waals surface area contributed by atoms with Crippen LogP contribution in [0.5, 0.6) is 0 Å². The molecule has 20 heavy (non-hydrogen) atoms. The SMILES string of the molecule is CN1CCCCC1CCC(=O)N1CCc2[nH]ncc2C1. The summed E-state index contributed by atoms with van der Waals surface area (Å²) in [6.45, 7) is 2.74. The minimum absolute atomic E-state index is 0.302. The topological polar surface area (TPSA) is 52.2 Å². The highest BCUT2D eigenvalue weighted by Gasteiger charge is 2.24. The fraction of sp³-hybridized carbons (Fsp3) is 0.733. The van der Waals surface area contributed by atoms with E-state index in [-0.39, 0.29) is 0 Å². The highest BCUT2D eigenvalue weighted by molar-refractivity contribution is 5.76. The molecular formula is C15H24N4O. The number of aromatic amines is 1. The number of hydrogen-bond acceptors (Lipinski definition) is 3. The van der Waals surface area contributed by atoms with Gasteiger partial charge in [0.05, 0.1) is 6.20 Å². The molecule has 1 saturated heterocycles. The number of nitrogens with zero attached hydrogens (tertiary/aromatic N) is 3. The van der Waals surface area contributed by atoms with Crippen molar-refractivity contribution in [1.29, 1.82) is 0 Å². The van der Waals surface area contributed by atoms with Crippen LogP contribution in [-0.2, 0) is 17.8 Å². The summed E-state index contributed by atoms with van der Waals surface area (Å²) in [7, 11) is 2.19. The molecule has 1 aromatic rings. The molecule has 2 aliphatic rings. The van der Waals surface area contributed by atoms with Crippen LogP contribution in [0.25, 0.3) is 0 Å². The summed E-state index contributed by atoms with van der Waals surface area (Å²) >= 11 is 0. The minimum atomic E-state index is 0.302. The number of H-pyrrole nitrogens is 1. The summed E-state index contributed by atoms with van der Waals surface area (Å²) in [6.07, 6.45) is 8.30. The maximum Gasteiger partial charge on any atom is 0.222 e. The summed E-state index contributed by atoms with van der Waals surface area (Å²) in [5, 5.41) is 7.07. The molecule has 5 nitrogen and oxygen atoms in total. The molecule has 0 aliphatic carbocycles. The van der Waals surface area contributed by atoms with Gasteiger partial charge in [0, 0.05) is 43.2 Å². The second-order valence-electron chi connectivity index (χ2n) is 6.11. The Morgan fingerprint density at radius 2 is 2.35 bits per heavy atom. The number of amides is 1. The lowest BCUT2D eigenvalue weighted by atomic mass is 9.98. The number of aromatic nitrogens is 2. The van der Waals surface area contributed by atoms with Crippen LogP contribution in [0.1, 0.15) is 43.4 Å². The van der Waals surface area contributed by atoms with Crippen molar-refractivity contribution in [2.75, 3.05) is 20.1 Å². The van der Waals surface area contributed by atoms with E-state index in [9.17, 15) is 4.79 Å². The Kier molecular flexibility index (Phi) is 4.05. The molecule has 0 saturated carbocycles. The van der Waals surface area contributed by atoms with Gasteiger partial charge in [-0.2, -0.15) is 5.10 Å². The predicted molar refractivity (Wildman–Crippen MR) is 77.2 cm³/mol. The first kappa shape index (κ1) is 13.6. The molecule has 110 valence electrons. The average molecular weight is 276 g/mol. The lowest BCUT2D eigenvalue weighted by Gasteiger charge is -2.33. The molecule has 0 spiro atoms. The van der Waals surface area contributed by atoms with Gasteiger partial charge >= 0.3 is 0 Å². The molecule has 3 heterocycles. The van der Waals surface area contributed by atoms with Gasteiger partial charge < -0.3 is 9.80 Å². The molecule has 1 amide bonds. The van der Waals surface area contributed by atoms with Crippen LogP contribution in [0.15, 0.2) is 6.20 Å². The Morgan fingerprint density at radius 3 is 3.20 bits per heavy atom. The van der Waals surface area contributed by atoms with E-state index in [0.717, 1.165) is 25.9 Å². The molecule has 1 fully saturated rings. The molecule has 3 rings (SSSR count). The standard InChI is InChI=1S/C15H24N4O/c1-18-8-3-2-4-13(18)5-6-15(20)19-9-7-14-12(11-19)10-16-17-14/h10,13H,2-9,11H2,1H3,(H,16,17). The van der Waals surface area contributed by atoms with Crippen molar-refractivity contribution in [1.82, 2.24) is 20.0 Å². The summed E-state index contributed by atoms with van der Waals surface area (Å²) in [5.41, 5.74) is 2.38. The van der Waals surface area contributed by atoms with E-state index in [1.54, 1.807) is 0 Å². The van der Waals surface area contributed by atoms with Crippen LogP contribution in [0, 0.1) is 0 Å². The molecule has 0 radical (unpaired) electrons. The summed E-state index contributed by atoms with van der Waals surface area (Å²) < 4.78 is 0. The number of carbonyl (C=O) groups excluding carboxylic acids is 1. The third kappa shape index (κ3) is 2.87. The molecule has 1 N–H and O–H groups in total. The van der Waals surface area contributed by atoms with E-state index in [1.165, 1.54) is 37.1 Å². The molecule has 0 bridgehead atoms. The van der Waals surface area contributed by atoms with E-state index in [1.807, 2.05) is 11.1 Å². The molecule has 0 aromatic carbocycles. The van der Waals surface area contributed by atoms with Crippen LogP contribution in [0.2, 0.25) is 0 Å². The molecule has 1 aromatic heterocycles. The Labute approximate surface area is 120 Å². The molecule has 1 atom stereocenters. The monoisotopic (exact) mass is 276 g/mol. The quantitative estimate of drug-likeness (QED) is 0.911. The summed E-state index contributed by atoms with van der Waals surface area (Å²) in [6, 6.07) is 0.599. The first-order chi connectivity index (χ1) is 9.74. The Morgan fingerprint density at radius 1 is 1.45 bits per heavy atom. The van der Waals surface area contributed by atoms with Crippen LogP contribution < -0.4 is 0 Å². The van der Waals surface area contributed by atoms with Gasteiger partial charge in [0.1, 0.15) is 0 Å². The van der Waals surface area contributed by atoms with Crippen molar-refractivity contribution in [2.45, 2.75) is 51.1 Å². The minimum Gasteiger partial charge on any atom is -0.338 e. The van der Waals surface area contributed by atoms with Gasteiger partial charge in [0.25, 0.3) is 0 Å². The fourth-order valence-corrected chi connectivity index (χ4v) is 3.39. The molecule has 1 unspecified atom stereocenters. The van der Waals surface area contributed by atoms with E-state index in [0.29, 0.717) is 18.4 Å². The predicted octanol–water partition coefficient (Wildman–Crippen LogP) is 1.56. The first-order valence-electron chi connectivity index (χ1n) is 7.73. The number of piperidine rings is 1. The molecular weight excluding hydrogens is 252 g/mol. The highest BCUT2D eigenvalue weighted by Crippen LogP contribution is 2.21. The van der Waals surface area contributed by atoms with Crippen molar-refractivity contribution >= 4 is 5.91 Å². The van der Waals surface area contributed by atoms with Gasteiger partial charge in [0.15, 0.2) is 0 Å². The number of rotatable bonds is 3. The Balaban J connectivity index is 1.50. The average Bonchev–Trinajstić information content (AvgIpc) is 2.93. The molecule has 2 aliphatic heterocycles. The Bertz CT molecular complexity index is 470. The molecule has 5 heteroatoms. The van der Waals surface area contributed by atoms with Crippen LogP contribution in [0.3, 0.4) is 0 Å². The number of likely N-dealkylation sites (tertiary alicyclic amines) is 1. The van der Waals surface area contributed by atoms with Crippen molar-refractivity contribution in [3.05, 3.63) is 17.5 Å². The lowest BCUT2D eigenvalue weighted by molar-refractivity contribution is -0.132. The van der Waals surface area contributed by atoms with Gasteiger partial charge in [-0.3, -0.25) is 9.89 Å². The van der Waals surface area contributed by atoms with Gasteiger partial charge in [-0.05, 0) is 32.9 Å². The fourth-order valence-electron chi connectivity index (χ4n) is 3.39. The maximum atomic E-state index is 12.4. The largest absolute Gasteiger partial charge is 0.338 e. The van der Waals surface area contributed by atoms with E-state index in [2.05, 4.69) is 22.1 Å². The Hall–Kier alpha value is -1.36. The summed E-state index contributed by atoms with van der Waals surface area (Å²) in [4.78, 5) is 16.8. The lowest BCUT2D eigenvalue weighted by Crippen LogP contribution is -2.39. The third-order valence-corrected chi connectivity index (χ3v) is 4.77. The van der Waals surface area contributed by atoms with Gasteiger partial charge in [-0.25, -0.2) is 0 Å². The number of carbonyl (C=O) groups is 1. The van der Waals surface area contributed by atoms with E-state index in [4.69, 9.17) is 0 Å². The van der Waals surface area contributed by atoms with Gasteiger partial charge in [-0.15, -0.1) is 0 Å². The summed E-state index contributed by atoms with van der Waals surface area (Å²) in [5.74, 6) is 0.302. The number of nitrogens with one attached hydrogen (secondary N) is 1. The number of hydrogen-bond donors (Lipinski definition) is 1. The zero-order valence-corrected chi connectivity index (χ0v) is 12.3. The zero-order chi connectivity index (χ0) is 13.9. The zero-order valence-electron chi connectivity index (χ0n) is 12.3. The van der Waals surface area contributed by atoms with Gasteiger partial charge in [-0.1, -0.05) is 6.42 Å². The first-order valence-corrected chi connectivity index (χ1v) is 7.73. The third-order valence-electron chi connectivity index (χ3n) is 4.77. The normalized spacial score (nSPS) is 23.6. The van der Waals surface area contributed by atoms with Crippen LogP contribution in [-0.4, -0.2) is 52.1 Å². The second-order valence-corrected chi connectivity index (χ2v) is 6.11. The highest BCUT2D eigenvalue weighted by atomic mass is 16.2. The number of fused-ring (bicyclic) bond motifs is 1. The van der Waals surface area contributed by atoms with E-state index < -0.39 is 0 Å². The van der Waals surface area contributed by atoms with Crippen molar-refractivity contribution < 1.29 is 4.79 Å². The smallest absolute Gasteiger partial charge is 0.222 e. The van der Waals surface area contributed by atoms with Crippen molar-refractivity contribution in [2.24, 2.45) is 0 Å². The maximum absolute atomic E-state index is 12.4. The van der Waals surface area contributed by atoms with Crippen LogP contribution in [0.4, 0.5) is 0 Å². The van der Waals surface area contributed by atoms with Gasteiger partial charge in [0.2, 0.25) is 5.91 Å². The van der Waals surface area contributed by atoms with Crippen molar-refractivity contribution in [3.63, 3.8) is 0 Å². The van der Waals surface area contributed by atoms with Crippen LogP contribution >= 0.6 is 0 Å².